The van der Waals surface area contributed by atoms with Crippen LogP contribution in [0.15, 0.2) is 91.1 Å². The molecular formula is C26H25N. The van der Waals surface area contributed by atoms with Crippen molar-refractivity contribution in [3.05, 3.63) is 102 Å². The summed E-state index contributed by atoms with van der Waals surface area (Å²) in [4.78, 5) is 4.60. The van der Waals surface area contributed by atoms with Crippen molar-refractivity contribution < 1.29 is 0 Å². The molecule has 0 radical (unpaired) electrons. The van der Waals surface area contributed by atoms with E-state index in [4.69, 9.17) is 0 Å². The lowest BCUT2D eigenvalue weighted by atomic mass is 10.0. The summed E-state index contributed by atoms with van der Waals surface area (Å²) in [5.41, 5.74) is 5.24. The van der Waals surface area contributed by atoms with Crippen LogP contribution in [0.2, 0.25) is 0 Å². The van der Waals surface area contributed by atoms with Crippen LogP contribution in [0.4, 0.5) is 0 Å². The van der Waals surface area contributed by atoms with Gasteiger partial charge in [-0.05, 0) is 53.8 Å². The fraction of sp³-hybridized carbons (Fsp3) is 0.192. The number of hydrogen-bond acceptors (Lipinski definition) is 1. The molecule has 0 aliphatic rings. The smallest absolute Gasteiger partial charge is 0.0481 e. The van der Waals surface area contributed by atoms with E-state index in [2.05, 4.69) is 89.9 Å². The Balaban J connectivity index is 1.27. The lowest BCUT2D eigenvalue weighted by molar-refractivity contribution is 0.674. The largest absolute Gasteiger partial charge is 0.261 e. The van der Waals surface area contributed by atoms with Crippen molar-refractivity contribution in [3.63, 3.8) is 0 Å². The van der Waals surface area contributed by atoms with E-state index >= 15 is 0 Å². The van der Waals surface area contributed by atoms with Gasteiger partial charge in [-0.1, -0.05) is 85.3 Å². The number of nitrogens with zero attached hydrogens (tertiary/aromatic N) is 1. The van der Waals surface area contributed by atoms with Crippen LogP contribution in [-0.2, 0) is 12.8 Å². The second-order valence-electron chi connectivity index (χ2n) is 7.10. The monoisotopic (exact) mass is 351 g/mol. The van der Waals surface area contributed by atoms with Gasteiger partial charge in [-0.25, -0.2) is 0 Å². The van der Waals surface area contributed by atoms with Gasteiger partial charge in [0.25, 0.3) is 0 Å². The van der Waals surface area contributed by atoms with E-state index in [9.17, 15) is 0 Å². The average molecular weight is 351 g/mol. The first-order valence-electron chi connectivity index (χ1n) is 9.87. The second-order valence-corrected chi connectivity index (χ2v) is 7.10. The van der Waals surface area contributed by atoms with Crippen molar-refractivity contribution in [2.45, 2.75) is 32.1 Å². The number of benzene rings is 3. The minimum Gasteiger partial charge on any atom is -0.261 e. The first kappa shape index (κ1) is 17.5. The summed E-state index contributed by atoms with van der Waals surface area (Å²) in [6, 6.07) is 30.2. The highest BCUT2D eigenvalue weighted by Crippen LogP contribution is 2.21. The van der Waals surface area contributed by atoms with Crippen LogP contribution in [0, 0.1) is 0 Å². The molecule has 1 aromatic heterocycles. The first-order chi connectivity index (χ1) is 13.4. The molecule has 0 saturated heterocycles. The van der Waals surface area contributed by atoms with Crippen molar-refractivity contribution in [2.75, 3.05) is 0 Å². The van der Waals surface area contributed by atoms with E-state index in [-0.39, 0.29) is 0 Å². The predicted octanol–water partition coefficient (Wildman–Crippen LogP) is 6.86. The standard InChI is InChI=1S/C26H25N/c1(6-14-26-25-13-8-7-12-24(25)19-20-27-26)3-9-21-15-17-23(18-16-21)22-10-4-2-5-11-22/h2,4-5,7-8,10-13,15-20H,1,3,6,9,14H2. The Morgan fingerprint density at radius 3 is 2.11 bits per heavy atom. The molecule has 0 aliphatic carbocycles. The van der Waals surface area contributed by atoms with Gasteiger partial charge >= 0.3 is 0 Å². The van der Waals surface area contributed by atoms with E-state index in [1.807, 2.05) is 6.20 Å². The van der Waals surface area contributed by atoms with E-state index in [1.54, 1.807) is 0 Å². The minimum absolute atomic E-state index is 1.06. The van der Waals surface area contributed by atoms with Gasteiger partial charge in [0, 0.05) is 17.3 Å². The van der Waals surface area contributed by atoms with Crippen molar-refractivity contribution >= 4 is 10.8 Å². The third kappa shape index (κ3) is 4.43. The van der Waals surface area contributed by atoms with Crippen LogP contribution in [-0.4, -0.2) is 4.98 Å². The molecular weight excluding hydrogens is 326 g/mol. The maximum Gasteiger partial charge on any atom is 0.0481 e. The van der Waals surface area contributed by atoms with Crippen LogP contribution >= 0.6 is 0 Å². The van der Waals surface area contributed by atoms with Gasteiger partial charge in [0.2, 0.25) is 0 Å². The molecule has 0 aliphatic heterocycles. The quantitative estimate of drug-likeness (QED) is 0.331. The highest BCUT2D eigenvalue weighted by molar-refractivity contribution is 5.84. The Hall–Kier alpha value is -2.93. The van der Waals surface area contributed by atoms with Crippen molar-refractivity contribution in [1.29, 1.82) is 0 Å². The SMILES string of the molecule is c1ccc(-c2ccc(CCCCCc3nccc4ccccc34)cc2)cc1. The molecule has 0 spiro atoms. The van der Waals surface area contributed by atoms with E-state index in [0.29, 0.717) is 0 Å². The molecule has 4 aromatic rings. The summed E-state index contributed by atoms with van der Waals surface area (Å²) in [7, 11) is 0. The third-order valence-corrected chi connectivity index (χ3v) is 5.20. The number of aryl methyl sites for hydroxylation is 2. The molecule has 0 bridgehead atoms. The van der Waals surface area contributed by atoms with Crippen molar-refractivity contribution in [2.24, 2.45) is 0 Å². The highest BCUT2D eigenvalue weighted by Gasteiger charge is 2.02. The van der Waals surface area contributed by atoms with Crippen LogP contribution in [0.3, 0.4) is 0 Å². The van der Waals surface area contributed by atoms with Gasteiger partial charge in [-0.15, -0.1) is 0 Å². The Kier molecular flexibility index (Phi) is 5.59. The van der Waals surface area contributed by atoms with E-state index < -0.39 is 0 Å². The molecule has 0 unspecified atom stereocenters. The van der Waals surface area contributed by atoms with Gasteiger partial charge in [-0.2, -0.15) is 0 Å². The van der Waals surface area contributed by atoms with Crippen LogP contribution in [0.1, 0.15) is 30.5 Å². The number of unbranched alkanes of at least 4 members (excludes halogenated alkanes) is 2. The van der Waals surface area contributed by atoms with E-state index in [1.165, 1.54) is 52.4 Å². The molecule has 0 atom stereocenters. The average Bonchev–Trinajstić information content (AvgIpc) is 2.75. The predicted molar refractivity (Wildman–Crippen MR) is 115 cm³/mol. The number of rotatable bonds is 7. The zero-order chi connectivity index (χ0) is 18.3. The molecule has 3 aromatic carbocycles. The summed E-state index contributed by atoms with van der Waals surface area (Å²) in [6.07, 6.45) is 7.82. The van der Waals surface area contributed by atoms with Crippen LogP contribution in [0.5, 0.6) is 0 Å². The van der Waals surface area contributed by atoms with Crippen LogP contribution in [0.25, 0.3) is 21.9 Å². The van der Waals surface area contributed by atoms with Gasteiger partial charge in [0.05, 0.1) is 0 Å². The fourth-order valence-corrected chi connectivity index (χ4v) is 3.67. The summed E-state index contributed by atoms with van der Waals surface area (Å²) < 4.78 is 0. The van der Waals surface area contributed by atoms with Gasteiger partial charge < -0.3 is 0 Å². The van der Waals surface area contributed by atoms with Crippen molar-refractivity contribution in [3.8, 4) is 11.1 Å². The number of aromatic nitrogens is 1. The summed E-state index contributed by atoms with van der Waals surface area (Å²) >= 11 is 0. The molecule has 0 fully saturated rings. The molecule has 0 amide bonds. The summed E-state index contributed by atoms with van der Waals surface area (Å²) in [6.45, 7) is 0. The third-order valence-electron chi connectivity index (χ3n) is 5.20. The Bertz CT molecular complexity index is 982. The molecule has 0 saturated carbocycles. The first-order valence-corrected chi connectivity index (χ1v) is 9.87. The Morgan fingerprint density at radius 1 is 0.556 bits per heavy atom. The fourth-order valence-electron chi connectivity index (χ4n) is 3.67. The minimum atomic E-state index is 1.06. The van der Waals surface area contributed by atoms with Gasteiger partial charge in [0.15, 0.2) is 0 Å². The van der Waals surface area contributed by atoms with E-state index in [0.717, 1.165) is 12.8 Å². The van der Waals surface area contributed by atoms with Crippen LogP contribution < -0.4 is 0 Å². The number of fused-ring (bicyclic) bond motifs is 1. The van der Waals surface area contributed by atoms with Crippen molar-refractivity contribution in [1.82, 2.24) is 4.98 Å². The normalized spacial score (nSPS) is 11.0. The summed E-state index contributed by atoms with van der Waals surface area (Å²) in [5.74, 6) is 0. The molecule has 1 nitrogen and oxygen atoms in total. The zero-order valence-electron chi connectivity index (χ0n) is 15.6. The summed E-state index contributed by atoms with van der Waals surface area (Å²) in [5, 5.41) is 2.59. The second kappa shape index (κ2) is 8.64. The lowest BCUT2D eigenvalue weighted by Gasteiger charge is -2.06. The maximum absolute atomic E-state index is 4.60. The molecule has 134 valence electrons. The maximum atomic E-state index is 4.60. The molecule has 27 heavy (non-hydrogen) atoms. The number of pyridine rings is 1. The zero-order valence-corrected chi connectivity index (χ0v) is 15.6. The molecule has 1 heteroatoms. The van der Waals surface area contributed by atoms with Gasteiger partial charge in [0.1, 0.15) is 0 Å². The molecule has 0 N–H and O–H groups in total. The Labute approximate surface area is 161 Å². The highest BCUT2D eigenvalue weighted by atomic mass is 14.7. The van der Waals surface area contributed by atoms with Gasteiger partial charge in [-0.3, -0.25) is 4.98 Å². The molecule has 4 rings (SSSR count). The Morgan fingerprint density at radius 2 is 1.26 bits per heavy atom. The topological polar surface area (TPSA) is 12.9 Å². The number of hydrogen-bond donors (Lipinski definition) is 0. The molecule has 1 heterocycles. The lowest BCUT2D eigenvalue weighted by Crippen LogP contribution is -1.93.